The average Bonchev–Trinajstić information content (AvgIpc) is 1.99. The zero-order chi connectivity index (χ0) is 9.19. The van der Waals surface area contributed by atoms with Crippen molar-refractivity contribution in [1.82, 2.24) is 0 Å². The number of rotatable bonds is 2. The van der Waals surface area contributed by atoms with E-state index in [4.69, 9.17) is 16.6 Å². The molecule has 1 rings (SSSR count). The van der Waals surface area contributed by atoms with Crippen LogP contribution < -0.4 is 11.5 Å². The van der Waals surface area contributed by atoms with Gasteiger partial charge in [0, 0.05) is 17.8 Å². The number of allylic oxidation sites excluding steroid dienone is 1. The number of aliphatic hydroxyl groups excluding tert-OH is 1. The summed E-state index contributed by atoms with van der Waals surface area (Å²) in [4.78, 5) is 0. The highest BCUT2D eigenvalue weighted by Crippen LogP contribution is 2.25. The summed E-state index contributed by atoms with van der Waals surface area (Å²) in [5, 5.41) is 8.80. The lowest BCUT2D eigenvalue weighted by Crippen LogP contribution is -2.45. The maximum absolute atomic E-state index is 8.80. The van der Waals surface area contributed by atoms with Gasteiger partial charge in [-0.2, -0.15) is 0 Å². The molecule has 1 aliphatic carbocycles. The van der Waals surface area contributed by atoms with Crippen LogP contribution >= 0.6 is 0 Å². The summed E-state index contributed by atoms with van der Waals surface area (Å²) in [7, 11) is 0. The number of hydrogen-bond acceptors (Lipinski definition) is 3. The fourth-order valence-corrected chi connectivity index (χ4v) is 1.41. The number of aliphatic hydroxyl groups is 1. The minimum absolute atomic E-state index is 0.110. The van der Waals surface area contributed by atoms with Crippen LogP contribution in [0.5, 0.6) is 0 Å². The van der Waals surface area contributed by atoms with Gasteiger partial charge in [0.15, 0.2) is 0 Å². The molecule has 1 aliphatic rings. The van der Waals surface area contributed by atoms with E-state index in [9.17, 15) is 0 Å². The van der Waals surface area contributed by atoms with Crippen LogP contribution in [0.3, 0.4) is 0 Å². The van der Waals surface area contributed by atoms with Crippen molar-refractivity contribution in [3.63, 3.8) is 0 Å². The SMILES string of the molecule is CC1C=C(N)C=CC1(N)CCO. The molecule has 0 saturated carbocycles. The van der Waals surface area contributed by atoms with Crippen molar-refractivity contribution in [2.45, 2.75) is 18.9 Å². The fourth-order valence-electron chi connectivity index (χ4n) is 1.41. The summed E-state index contributed by atoms with van der Waals surface area (Å²) in [6.45, 7) is 2.12. The van der Waals surface area contributed by atoms with Gasteiger partial charge >= 0.3 is 0 Å². The van der Waals surface area contributed by atoms with Gasteiger partial charge in [0.05, 0.1) is 0 Å². The molecule has 0 aliphatic heterocycles. The minimum atomic E-state index is -0.419. The lowest BCUT2D eigenvalue weighted by molar-refractivity contribution is 0.238. The van der Waals surface area contributed by atoms with Crippen molar-refractivity contribution in [2.75, 3.05) is 6.61 Å². The molecule has 0 heterocycles. The number of hydrogen-bond donors (Lipinski definition) is 3. The Morgan fingerprint density at radius 3 is 2.83 bits per heavy atom. The molecule has 5 N–H and O–H groups in total. The summed E-state index contributed by atoms with van der Waals surface area (Å²) in [6, 6.07) is 0. The van der Waals surface area contributed by atoms with Gasteiger partial charge in [0.25, 0.3) is 0 Å². The van der Waals surface area contributed by atoms with Gasteiger partial charge in [-0.25, -0.2) is 0 Å². The first kappa shape index (κ1) is 9.29. The molecule has 12 heavy (non-hydrogen) atoms. The van der Waals surface area contributed by atoms with Gasteiger partial charge in [-0.05, 0) is 18.4 Å². The molecule has 68 valence electrons. The predicted molar refractivity (Wildman–Crippen MR) is 49.2 cm³/mol. The second-order valence-electron chi connectivity index (χ2n) is 3.37. The normalized spacial score (nSPS) is 34.9. The molecule has 0 amide bonds. The van der Waals surface area contributed by atoms with Crippen LogP contribution in [0.1, 0.15) is 13.3 Å². The second kappa shape index (κ2) is 3.29. The van der Waals surface area contributed by atoms with Gasteiger partial charge in [-0.1, -0.05) is 19.1 Å². The highest BCUT2D eigenvalue weighted by molar-refractivity contribution is 5.28. The van der Waals surface area contributed by atoms with Crippen molar-refractivity contribution in [3.05, 3.63) is 23.9 Å². The van der Waals surface area contributed by atoms with E-state index in [1.54, 1.807) is 6.08 Å². The first-order valence-corrected chi connectivity index (χ1v) is 4.15. The standard InChI is InChI=1S/C9H16N2O/c1-7-6-8(10)2-3-9(7,11)4-5-12/h2-3,6-7,12H,4-5,10-11H2,1H3. The van der Waals surface area contributed by atoms with E-state index in [1.165, 1.54) is 0 Å². The first-order valence-electron chi connectivity index (χ1n) is 4.15. The van der Waals surface area contributed by atoms with E-state index in [2.05, 4.69) is 0 Å². The molecule has 0 fully saturated rings. The van der Waals surface area contributed by atoms with Gasteiger partial charge < -0.3 is 16.6 Å². The topological polar surface area (TPSA) is 72.3 Å². The van der Waals surface area contributed by atoms with E-state index >= 15 is 0 Å². The fraction of sp³-hybridized carbons (Fsp3) is 0.556. The molecule has 0 saturated heterocycles. The van der Waals surface area contributed by atoms with Crippen LogP contribution in [0, 0.1) is 5.92 Å². The van der Waals surface area contributed by atoms with Crippen LogP contribution in [0.15, 0.2) is 23.9 Å². The number of nitrogens with two attached hydrogens (primary N) is 2. The highest BCUT2D eigenvalue weighted by Gasteiger charge is 2.29. The molecule has 0 radical (unpaired) electrons. The van der Waals surface area contributed by atoms with Crippen molar-refractivity contribution < 1.29 is 5.11 Å². The molecule has 0 aromatic carbocycles. The quantitative estimate of drug-likeness (QED) is 0.548. The minimum Gasteiger partial charge on any atom is -0.399 e. The largest absolute Gasteiger partial charge is 0.399 e. The van der Waals surface area contributed by atoms with Crippen molar-refractivity contribution in [3.8, 4) is 0 Å². The Balaban J connectivity index is 2.76. The Labute approximate surface area is 72.7 Å². The maximum Gasteiger partial charge on any atom is 0.0451 e. The van der Waals surface area contributed by atoms with E-state index < -0.39 is 5.54 Å². The second-order valence-corrected chi connectivity index (χ2v) is 3.37. The lowest BCUT2D eigenvalue weighted by atomic mass is 9.80. The molecular weight excluding hydrogens is 152 g/mol. The molecule has 3 heteroatoms. The molecule has 0 aromatic rings. The van der Waals surface area contributed by atoms with Crippen LogP contribution in [0.2, 0.25) is 0 Å². The summed E-state index contributed by atoms with van der Waals surface area (Å²) in [6.07, 6.45) is 6.18. The van der Waals surface area contributed by atoms with Crippen LogP contribution in [-0.2, 0) is 0 Å². The average molecular weight is 168 g/mol. The van der Waals surface area contributed by atoms with E-state index in [0.29, 0.717) is 6.42 Å². The molecule has 2 atom stereocenters. The zero-order valence-corrected chi connectivity index (χ0v) is 7.33. The molecular formula is C9H16N2O. The summed E-state index contributed by atoms with van der Waals surface area (Å²) in [5.41, 5.74) is 12.0. The van der Waals surface area contributed by atoms with Crippen molar-refractivity contribution in [1.29, 1.82) is 0 Å². The molecule has 0 spiro atoms. The van der Waals surface area contributed by atoms with Gasteiger partial charge in [-0.3, -0.25) is 0 Å². The van der Waals surface area contributed by atoms with Crippen LogP contribution in [0.4, 0.5) is 0 Å². The van der Waals surface area contributed by atoms with Crippen LogP contribution in [0.25, 0.3) is 0 Å². The maximum atomic E-state index is 8.80. The molecule has 3 nitrogen and oxygen atoms in total. The van der Waals surface area contributed by atoms with Crippen LogP contribution in [-0.4, -0.2) is 17.3 Å². The Morgan fingerprint density at radius 2 is 2.33 bits per heavy atom. The Kier molecular flexibility index (Phi) is 2.55. The molecule has 0 bridgehead atoms. The molecule has 2 unspecified atom stereocenters. The third-order valence-electron chi connectivity index (χ3n) is 2.42. The zero-order valence-electron chi connectivity index (χ0n) is 7.33. The Bertz CT molecular complexity index is 223. The molecule has 0 aromatic heterocycles. The monoisotopic (exact) mass is 168 g/mol. The van der Waals surface area contributed by atoms with Gasteiger partial charge in [0.2, 0.25) is 0 Å². The van der Waals surface area contributed by atoms with Gasteiger partial charge in [-0.15, -0.1) is 0 Å². The third-order valence-corrected chi connectivity index (χ3v) is 2.42. The first-order chi connectivity index (χ1) is 5.58. The van der Waals surface area contributed by atoms with Gasteiger partial charge in [0.1, 0.15) is 0 Å². The smallest absolute Gasteiger partial charge is 0.0451 e. The van der Waals surface area contributed by atoms with E-state index in [0.717, 1.165) is 5.70 Å². The summed E-state index contributed by atoms with van der Waals surface area (Å²) in [5.74, 6) is 0.189. The Morgan fingerprint density at radius 1 is 1.67 bits per heavy atom. The predicted octanol–water partition coefficient (Wildman–Crippen LogP) is 0.115. The van der Waals surface area contributed by atoms with Crippen molar-refractivity contribution >= 4 is 0 Å². The van der Waals surface area contributed by atoms with E-state index in [1.807, 2.05) is 19.1 Å². The lowest BCUT2D eigenvalue weighted by Gasteiger charge is -2.33. The van der Waals surface area contributed by atoms with Crippen molar-refractivity contribution in [2.24, 2.45) is 17.4 Å². The highest BCUT2D eigenvalue weighted by atomic mass is 16.3. The van der Waals surface area contributed by atoms with E-state index in [-0.39, 0.29) is 12.5 Å². The summed E-state index contributed by atoms with van der Waals surface area (Å²) < 4.78 is 0. The Hall–Kier alpha value is -0.800. The third kappa shape index (κ3) is 1.68. The summed E-state index contributed by atoms with van der Waals surface area (Å²) >= 11 is 0.